The number of nitrogen functional groups attached to an aromatic ring is 1. The minimum absolute atomic E-state index is 0.829. The summed E-state index contributed by atoms with van der Waals surface area (Å²) in [5, 5.41) is 0. The van der Waals surface area contributed by atoms with Crippen LogP contribution in [0.1, 0.15) is 17.5 Å². The molecule has 1 saturated heterocycles. The summed E-state index contributed by atoms with van der Waals surface area (Å²) in [6.07, 6.45) is 1.33. The van der Waals surface area contributed by atoms with E-state index in [1.807, 2.05) is 6.07 Å². The van der Waals surface area contributed by atoms with Gasteiger partial charge in [0, 0.05) is 25.3 Å². The molecule has 3 nitrogen and oxygen atoms in total. The molecule has 1 fully saturated rings. The summed E-state index contributed by atoms with van der Waals surface area (Å²) < 4.78 is 0. The number of nitrogens with two attached hydrogens (primary N) is 1. The molecular formula is C15H25N3. The highest BCUT2D eigenvalue weighted by Crippen LogP contribution is 2.17. The highest BCUT2D eigenvalue weighted by atomic mass is 15.1. The minimum Gasteiger partial charge on any atom is -0.399 e. The average Bonchev–Trinajstić information content (AvgIpc) is 2.69. The van der Waals surface area contributed by atoms with Crippen molar-refractivity contribution in [2.24, 2.45) is 5.92 Å². The number of hydrogen-bond donors (Lipinski definition) is 1. The Hall–Kier alpha value is -1.06. The van der Waals surface area contributed by atoms with Crippen molar-refractivity contribution in [2.45, 2.75) is 19.9 Å². The molecule has 2 rings (SSSR count). The maximum Gasteiger partial charge on any atom is 0.0343 e. The van der Waals surface area contributed by atoms with Gasteiger partial charge in [0.1, 0.15) is 0 Å². The van der Waals surface area contributed by atoms with E-state index in [0.717, 1.165) is 18.2 Å². The monoisotopic (exact) mass is 247 g/mol. The van der Waals surface area contributed by atoms with Gasteiger partial charge >= 0.3 is 0 Å². The predicted octanol–water partition coefficient (Wildman–Crippen LogP) is 1.96. The Morgan fingerprint density at radius 2 is 2.22 bits per heavy atom. The van der Waals surface area contributed by atoms with Gasteiger partial charge in [0.25, 0.3) is 0 Å². The molecule has 0 saturated carbocycles. The van der Waals surface area contributed by atoms with Crippen LogP contribution in [0.25, 0.3) is 0 Å². The lowest BCUT2D eigenvalue weighted by molar-refractivity contribution is 0.267. The zero-order chi connectivity index (χ0) is 13.1. The average molecular weight is 247 g/mol. The lowest BCUT2D eigenvalue weighted by Gasteiger charge is -2.21. The largest absolute Gasteiger partial charge is 0.399 e. The van der Waals surface area contributed by atoms with Gasteiger partial charge in [0.05, 0.1) is 0 Å². The number of anilines is 1. The van der Waals surface area contributed by atoms with E-state index in [-0.39, 0.29) is 0 Å². The molecule has 0 radical (unpaired) electrons. The van der Waals surface area contributed by atoms with Crippen molar-refractivity contribution in [1.29, 1.82) is 0 Å². The molecule has 2 N–H and O–H groups in total. The van der Waals surface area contributed by atoms with E-state index in [0.29, 0.717) is 0 Å². The summed E-state index contributed by atoms with van der Waals surface area (Å²) in [4.78, 5) is 4.85. The van der Waals surface area contributed by atoms with Gasteiger partial charge in [-0.25, -0.2) is 0 Å². The van der Waals surface area contributed by atoms with Gasteiger partial charge < -0.3 is 15.5 Å². The Bertz CT molecular complexity index is 403. The molecule has 18 heavy (non-hydrogen) atoms. The van der Waals surface area contributed by atoms with E-state index in [2.05, 4.69) is 43.0 Å². The molecule has 0 aromatic heterocycles. The zero-order valence-electron chi connectivity index (χ0n) is 11.8. The smallest absolute Gasteiger partial charge is 0.0343 e. The van der Waals surface area contributed by atoms with Crippen LogP contribution >= 0.6 is 0 Å². The molecule has 1 unspecified atom stereocenters. The fraction of sp³-hybridized carbons (Fsp3) is 0.600. The number of nitrogens with zero attached hydrogens (tertiary/aromatic N) is 2. The van der Waals surface area contributed by atoms with E-state index >= 15 is 0 Å². The van der Waals surface area contributed by atoms with Gasteiger partial charge in [0.15, 0.2) is 0 Å². The van der Waals surface area contributed by atoms with Crippen LogP contribution < -0.4 is 5.73 Å². The van der Waals surface area contributed by atoms with Crippen LogP contribution in [0.4, 0.5) is 5.69 Å². The van der Waals surface area contributed by atoms with Crippen molar-refractivity contribution < 1.29 is 0 Å². The van der Waals surface area contributed by atoms with Crippen molar-refractivity contribution in [3.8, 4) is 0 Å². The minimum atomic E-state index is 0.829. The molecule has 1 atom stereocenters. The SMILES string of the molecule is Cc1cc(CN(C)CC2CCN(C)C2)ccc1N. The zero-order valence-corrected chi connectivity index (χ0v) is 11.8. The van der Waals surface area contributed by atoms with Crippen molar-refractivity contribution >= 4 is 5.69 Å². The van der Waals surface area contributed by atoms with Crippen molar-refractivity contribution in [3.05, 3.63) is 29.3 Å². The van der Waals surface area contributed by atoms with Crippen LogP contribution in [0.5, 0.6) is 0 Å². The highest BCUT2D eigenvalue weighted by molar-refractivity contribution is 5.47. The Morgan fingerprint density at radius 1 is 1.44 bits per heavy atom. The number of hydrogen-bond acceptors (Lipinski definition) is 3. The van der Waals surface area contributed by atoms with Gasteiger partial charge in [-0.2, -0.15) is 0 Å². The molecular weight excluding hydrogens is 222 g/mol. The Labute approximate surface area is 111 Å². The van der Waals surface area contributed by atoms with Crippen LogP contribution in [0.15, 0.2) is 18.2 Å². The van der Waals surface area contributed by atoms with Crippen molar-refractivity contribution in [3.63, 3.8) is 0 Å². The quantitative estimate of drug-likeness (QED) is 0.826. The van der Waals surface area contributed by atoms with Crippen LogP contribution in [0.2, 0.25) is 0 Å². The maximum atomic E-state index is 5.85. The third-order valence-electron chi connectivity index (χ3n) is 3.85. The summed E-state index contributed by atoms with van der Waals surface area (Å²) >= 11 is 0. The predicted molar refractivity (Wildman–Crippen MR) is 77.5 cm³/mol. The topological polar surface area (TPSA) is 32.5 Å². The lowest BCUT2D eigenvalue weighted by Crippen LogP contribution is -2.27. The first-order valence-electron chi connectivity index (χ1n) is 6.76. The highest BCUT2D eigenvalue weighted by Gasteiger charge is 2.20. The molecule has 100 valence electrons. The summed E-state index contributed by atoms with van der Waals surface area (Å²) in [5.74, 6) is 0.829. The first-order chi connectivity index (χ1) is 8.54. The second kappa shape index (κ2) is 5.72. The van der Waals surface area contributed by atoms with E-state index in [1.54, 1.807) is 0 Å². The Balaban J connectivity index is 1.86. The first kappa shape index (κ1) is 13.4. The molecule has 1 aliphatic heterocycles. The molecule has 0 aliphatic carbocycles. The van der Waals surface area contributed by atoms with E-state index < -0.39 is 0 Å². The van der Waals surface area contributed by atoms with E-state index in [9.17, 15) is 0 Å². The summed E-state index contributed by atoms with van der Waals surface area (Å²) in [5.41, 5.74) is 9.27. The lowest BCUT2D eigenvalue weighted by atomic mass is 10.1. The normalized spacial score (nSPS) is 20.8. The molecule has 0 amide bonds. The van der Waals surface area contributed by atoms with Crippen molar-refractivity contribution in [2.75, 3.05) is 39.5 Å². The molecule has 0 bridgehead atoms. The second-order valence-corrected chi connectivity index (χ2v) is 5.80. The van der Waals surface area contributed by atoms with Crippen molar-refractivity contribution in [1.82, 2.24) is 9.80 Å². The number of aryl methyl sites for hydroxylation is 1. The summed E-state index contributed by atoms with van der Waals surface area (Å²) in [6.45, 7) is 6.77. The molecule has 3 heteroatoms. The summed E-state index contributed by atoms with van der Waals surface area (Å²) in [7, 11) is 4.42. The summed E-state index contributed by atoms with van der Waals surface area (Å²) in [6, 6.07) is 6.36. The fourth-order valence-corrected chi connectivity index (χ4v) is 2.83. The molecule has 1 aromatic carbocycles. The van der Waals surface area contributed by atoms with Crippen LogP contribution in [-0.4, -0.2) is 43.5 Å². The third kappa shape index (κ3) is 3.47. The number of rotatable bonds is 4. The molecule has 1 aromatic rings. The number of likely N-dealkylation sites (tertiary alicyclic amines) is 1. The number of benzene rings is 1. The Kier molecular flexibility index (Phi) is 4.25. The first-order valence-corrected chi connectivity index (χ1v) is 6.76. The second-order valence-electron chi connectivity index (χ2n) is 5.80. The standard InChI is InChI=1S/C15H25N3/c1-12-8-13(4-5-15(12)16)9-18(3)11-14-6-7-17(2)10-14/h4-5,8,14H,6-7,9-11,16H2,1-3H3. The van der Waals surface area contributed by atoms with Crippen LogP contribution in [0.3, 0.4) is 0 Å². The van der Waals surface area contributed by atoms with Crippen LogP contribution in [-0.2, 0) is 6.54 Å². The van der Waals surface area contributed by atoms with Gasteiger partial charge in [-0.05, 0) is 57.1 Å². The fourth-order valence-electron chi connectivity index (χ4n) is 2.83. The van der Waals surface area contributed by atoms with E-state index in [4.69, 9.17) is 5.73 Å². The molecule has 0 spiro atoms. The van der Waals surface area contributed by atoms with Gasteiger partial charge in [-0.15, -0.1) is 0 Å². The maximum absolute atomic E-state index is 5.85. The van der Waals surface area contributed by atoms with Crippen LogP contribution in [0, 0.1) is 12.8 Å². The van der Waals surface area contributed by atoms with Gasteiger partial charge in [0.2, 0.25) is 0 Å². The van der Waals surface area contributed by atoms with Gasteiger partial charge in [-0.3, -0.25) is 0 Å². The molecule has 1 heterocycles. The van der Waals surface area contributed by atoms with E-state index in [1.165, 1.54) is 37.2 Å². The van der Waals surface area contributed by atoms with Gasteiger partial charge in [-0.1, -0.05) is 12.1 Å². The molecule has 1 aliphatic rings. The Morgan fingerprint density at radius 3 is 2.83 bits per heavy atom. The third-order valence-corrected chi connectivity index (χ3v) is 3.85.